The van der Waals surface area contributed by atoms with E-state index in [0.29, 0.717) is 18.2 Å². The van der Waals surface area contributed by atoms with Gasteiger partial charge < -0.3 is 11.1 Å². The van der Waals surface area contributed by atoms with E-state index in [1.54, 1.807) is 12.3 Å². The van der Waals surface area contributed by atoms with Crippen LogP contribution in [0.2, 0.25) is 0 Å². The SMILES string of the molecule is NC(=O)c1cnc(NCC2(c3ncccc3F)CCC2)nc1. The highest BCUT2D eigenvalue weighted by Crippen LogP contribution is 2.43. The number of hydrogen-bond acceptors (Lipinski definition) is 5. The summed E-state index contributed by atoms with van der Waals surface area (Å²) in [6.45, 7) is 0.497. The zero-order valence-electron chi connectivity index (χ0n) is 11.9. The molecule has 2 aromatic heterocycles. The maximum atomic E-state index is 14.0. The fourth-order valence-corrected chi connectivity index (χ4v) is 2.67. The summed E-state index contributed by atoms with van der Waals surface area (Å²) in [7, 11) is 0. The molecule has 0 radical (unpaired) electrons. The van der Waals surface area contributed by atoms with Crippen molar-refractivity contribution >= 4 is 11.9 Å². The molecule has 2 heterocycles. The van der Waals surface area contributed by atoms with Crippen molar-refractivity contribution in [3.63, 3.8) is 0 Å². The van der Waals surface area contributed by atoms with Crippen LogP contribution in [0.1, 0.15) is 35.3 Å². The van der Waals surface area contributed by atoms with Gasteiger partial charge in [0.05, 0.1) is 11.3 Å². The molecule has 3 rings (SSSR count). The lowest BCUT2D eigenvalue weighted by molar-refractivity contribution is 0.0999. The summed E-state index contributed by atoms with van der Waals surface area (Å²) < 4.78 is 14.0. The van der Waals surface area contributed by atoms with Crippen molar-refractivity contribution in [1.29, 1.82) is 0 Å². The van der Waals surface area contributed by atoms with Crippen molar-refractivity contribution in [2.75, 3.05) is 11.9 Å². The third-order valence-corrected chi connectivity index (χ3v) is 4.09. The van der Waals surface area contributed by atoms with Gasteiger partial charge in [-0.05, 0) is 25.0 Å². The van der Waals surface area contributed by atoms with Gasteiger partial charge in [-0.3, -0.25) is 9.78 Å². The highest BCUT2D eigenvalue weighted by atomic mass is 19.1. The molecule has 0 atom stereocenters. The van der Waals surface area contributed by atoms with E-state index in [9.17, 15) is 9.18 Å². The fraction of sp³-hybridized carbons (Fsp3) is 0.333. The van der Waals surface area contributed by atoms with Gasteiger partial charge in [-0.2, -0.15) is 0 Å². The largest absolute Gasteiger partial charge is 0.366 e. The van der Waals surface area contributed by atoms with Crippen molar-refractivity contribution in [2.24, 2.45) is 5.73 Å². The first kappa shape index (κ1) is 14.4. The smallest absolute Gasteiger partial charge is 0.251 e. The lowest BCUT2D eigenvalue weighted by Gasteiger charge is -2.41. The number of rotatable bonds is 5. The topological polar surface area (TPSA) is 93.8 Å². The number of primary amides is 1. The summed E-state index contributed by atoms with van der Waals surface area (Å²) in [5.74, 6) is -0.473. The van der Waals surface area contributed by atoms with Crippen LogP contribution in [0.4, 0.5) is 10.3 Å². The highest BCUT2D eigenvalue weighted by molar-refractivity contribution is 5.92. The fourth-order valence-electron chi connectivity index (χ4n) is 2.67. The van der Waals surface area contributed by atoms with Crippen molar-refractivity contribution in [1.82, 2.24) is 15.0 Å². The number of nitrogens with two attached hydrogens (primary N) is 1. The van der Waals surface area contributed by atoms with Crippen molar-refractivity contribution < 1.29 is 9.18 Å². The maximum absolute atomic E-state index is 14.0. The third-order valence-electron chi connectivity index (χ3n) is 4.09. The number of anilines is 1. The number of carbonyl (C=O) groups excluding carboxylic acids is 1. The molecular formula is C15H16FN5O. The Morgan fingerprint density at radius 3 is 2.59 bits per heavy atom. The van der Waals surface area contributed by atoms with Gasteiger partial charge in [0.25, 0.3) is 5.91 Å². The molecule has 1 aliphatic carbocycles. The van der Waals surface area contributed by atoms with E-state index in [2.05, 4.69) is 20.3 Å². The van der Waals surface area contributed by atoms with Crippen molar-refractivity contribution in [3.8, 4) is 0 Å². The molecule has 0 aliphatic heterocycles. The molecule has 22 heavy (non-hydrogen) atoms. The zero-order valence-corrected chi connectivity index (χ0v) is 11.9. The van der Waals surface area contributed by atoms with Gasteiger partial charge in [0.2, 0.25) is 5.95 Å². The molecule has 2 aromatic rings. The molecule has 3 N–H and O–H groups in total. The van der Waals surface area contributed by atoms with Gasteiger partial charge in [-0.15, -0.1) is 0 Å². The molecule has 1 fully saturated rings. The molecule has 1 saturated carbocycles. The van der Waals surface area contributed by atoms with Crippen molar-refractivity contribution in [3.05, 3.63) is 47.8 Å². The van der Waals surface area contributed by atoms with Gasteiger partial charge in [0, 0.05) is 30.6 Å². The van der Waals surface area contributed by atoms with Crippen LogP contribution in [0, 0.1) is 5.82 Å². The second-order valence-electron chi connectivity index (χ2n) is 5.48. The van der Waals surface area contributed by atoms with E-state index in [4.69, 9.17) is 5.73 Å². The lowest BCUT2D eigenvalue weighted by atomic mass is 9.66. The number of amides is 1. The van der Waals surface area contributed by atoms with Crippen LogP contribution in [-0.2, 0) is 5.41 Å². The molecule has 0 saturated heterocycles. The van der Waals surface area contributed by atoms with Crippen LogP contribution in [-0.4, -0.2) is 27.4 Å². The van der Waals surface area contributed by atoms with E-state index in [1.807, 2.05) is 0 Å². The predicted molar refractivity (Wildman–Crippen MR) is 78.8 cm³/mol. The van der Waals surface area contributed by atoms with Crippen LogP contribution in [0.5, 0.6) is 0 Å². The predicted octanol–water partition coefficient (Wildman–Crippen LogP) is 1.64. The molecule has 1 amide bonds. The highest BCUT2D eigenvalue weighted by Gasteiger charge is 2.41. The molecule has 0 aromatic carbocycles. The number of aromatic nitrogens is 3. The van der Waals surface area contributed by atoms with Crippen LogP contribution in [0.15, 0.2) is 30.7 Å². The van der Waals surface area contributed by atoms with Crippen LogP contribution < -0.4 is 11.1 Å². The van der Waals surface area contributed by atoms with Gasteiger partial charge in [-0.25, -0.2) is 14.4 Å². The summed E-state index contributed by atoms with van der Waals surface area (Å²) >= 11 is 0. The first-order valence-electron chi connectivity index (χ1n) is 7.07. The number of carbonyl (C=O) groups is 1. The standard InChI is InChI=1S/C15H16FN5O/c16-11-3-1-6-18-12(11)15(4-2-5-15)9-21-14-19-7-10(8-20-14)13(17)22/h1,3,6-8H,2,4-5,9H2,(H2,17,22)(H,19,20,21). The number of nitrogens with zero attached hydrogens (tertiary/aromatic N) is 3. The number of pyridine rings is 1. The number of nitrogens with one attached hydrogen (secondary N) is 1. The Labute approximate surface area is 127 Å². The van der Waals surface area contributed by atoms with Gasteiger partial charge in [0.1, 0.15) is 5.82 Å². The molecule has 0 spiro atoms. The summed E-state index contributed by atoms with van der Waals surface area (Å²) in [4.78, 5) is 23.3. The second kappa shape index (κ2) is 5.67. The molecular weight excluding hydrogens is 285 g/mol. The second-order valence-corrected chi connectivity index (χ2v) is 5.48. The van der Waals surface area contributed by atoms with E-state index < -0.39 is 5.91 Å². The van der Waals surface area contributed by atoms with Crippen LogP contribution in [0.25, 0.3) is 0 Å². The molecule has 7 heteroatoms. The molecule has 114 valence electrons. The molecule has 0 unspecified atom stereocenters. The normalized spacial score (nSPS) is 15.9. The van der Waals surface area contributed by atoms with Gasteiger partial charge >= 0.3 is 0 Å². The lowest BCUT2D eigenvalue weighted by Crippen LogP contribution is -2.42. The minimum Gasteiger partial charge on any atom is -0.366 e. The maximum Gasteiger partial charge on any atom is 0.251 e. The quantitative estimate of drug-likeness (QED) is 0.875. The Balaban J connectivity index is 1.74. The number of hydrogen-bond donors (Lipinski definition) is 2. The average molecular weight is 301 g/mol. The van der Waals surface area contributed by atoms with Gasteiger partial charge in [-0.1, -0.05) is 6.42 Å². The summed E-state index contributed by atoms with van der Waals surface area (Å²) in [5.41, 5.74) is 5.56. The van der Waals surface area contributed by atoms with E-state index in [1.165, 1.54) is 18.5 Å². The summed E-state index contributed by atoms with van der Waals surface area (Å²) in [6.07, 6.45) is 7.12. The molecule has 6 nitrogen and oxygen atoms in total. The first-order valence-corrected chi connectivity index (χ1v) is 7.07. The Morgan fingerprint density at radius 1 is 1.32 bits per heavy atom. The summed E-state index contributed by atoms with van der Waals surface area (Å²) in [6, 6.07) is 3.02. The van der Waals surface area contributed by atoms with E-state index >= 15 is 0 Å². The minimum atomic E-state index is -0.572. The Bertz CT molecular complexity index is 685. The average Bonchev–Trinajstić information content (AvgIpc) is 2.48. The Hall–Kier alpha value is -2.57. The van der Waals surface area contributed by atoms with Crippen LogP contribution >= 0.6 is 0 Å². The molecule has 0 bridgehead atoms. The zero-order chi connectivity index (χ0) is 15.6. The van der Waals surface area contributed by atoms with Gasteiger partial charge in [0.15, 0.2) is 0 Å². The first-order chi connectivity index (χ1) is 10.6. The van der Waals surface area contributed by atoms with E-state index in [-0.39, 0.29) is 16.8 Å². The molecule has 1 aliphatic rings. The Kier molecular flexibility index (Phi) is 3.70. The summed E-state index contributed by atoms with van der Waals surface area (Å²) in [5, 5.41) is 3.10. The Morgan fingerprint density at radius 2 is 2.05 bits per heavy atom. The van der Waals surface area contributed by atoms with E-state index in [0.717, 1.165) is 19.3 Å². The number of halogens is 1. The minimum absolute atomic E-state index is 0.250. The monoisotopic (exact) mass is 301 g/mol. The third kappa shape index (κ3) is 2.61. The van der Waals surface area contributed by atoms with Crippen LogP contribution in [0.3, 0.4) is 0 Å². The van der Waals surface area contributed by atoms with Crippen molar-refractivity contribution in [2.45, 2.75) is 24.7 Å².